The average molecular weight is 378 g/mol. The van der Waals surface area contributed by atoms with Gasteiger partial charge in [-0.25, -0.2) is 4.39 Å². The molecule has 3 aromatic rings. The maximum absolute atomic E-state index is 14.0. The molecular weight excluding hydrogens is 355 g/mol. The van der Waals surface area contributed by atoms with Crippen molar-refractivity contribution in [3.63, 3.8) is 0 Å². The standard InChI is InChI=1S/C23H23FN2O2/c1-15(2)16-7-9-17(10-8-16)20-21(23(28)22(20)27)26-13-11-25(12-14-26)19-6-4-3-5-18(19)24/h3-10,15H,11-14H2,1-2H3. The third-order valence-corrected chi connectivity index (χ3v) is 5.54. The van der Waals surface area contributed by atoms with E-state index in [1.54, 1.807) is 12.1 Å². The molecule has 144 valence electrons. The fourth-order valence-corrected chi connectivity index (χ4v) is 3.86. The molecule has 0 unspecified atom stereocenters. The van der Waals surface area contributed by atoms with Gasteiger partial charge in [-0.15, -0.1) is 0 Å². The van der Waals surface area contributed by atoms with Crippen LogP contribution >= 0.6 is 0 Å². The topological polar surface area (TPSA) is 40.6 Å². The summed E-state index contributed by atoms with van der Waals surface area (Å²) in [5, 5.41) is 0. The number of anilines is 2. The Bertz CT molecular complexity index is 1060. The molecule has 1 saturated heterocycles. The third kappa shape index (κ3) is 3.11. The minimum Gasteiger partial charge on any atom is -0.366 e. The molecule has 28 heavy (non-hydrogen) atoms. The van der Waals surface area contributed by atoms with E-state index in [0.717, 1.165) is 5.56 Å². The number of para-hydroxylation sites is 1. The molecule has 0 amide bonds. The lowest BCUT2D eigenvalue weighted by Crippen LogP contribution is -2.51. The second-order valence-electron chi connectivity index (χ2n) is 7.58. The number of nitrogens with zero attached hydrogens (tertiary/aromatic N) is 2. The van der Waals surface area contributed by atoms with Crippen molar-refractivity contribution in [2.24, 2.45) is 0 Å². The summed E-state index contributed by atoms with van der Waals surface area (Å²) in [5.41, 5.74) is 2.76. The molecule has 0 N–H and O–H groups in total. The Morgan fingerprint density at radius 1 is 0.821 bits per heavy atom. The Morgan fingerprint density at radius 3 is 2.04 bits per heavy atom. The molecule has 1 aliphatic heterocycles. The summed E-state index contributed by atoms with van der Waals surface area (Å²) in [5.74, 6) is 0.170. The second kappa shape index (κ2) is 7.23. The van der Waals surface area contributed by atoms with Crippen LogP contribution in [0.5, 0.6) is 0 Å². The Balaban J connectivity index is 1.55. The predicted molar refractivity (Wildman–Crippen MR) is 112 cm³/mol. The first-order chi connectivity index (χ1) is 13.5. The van der Waals surface area contributed by atoms with Crippen LogP contribution in [0.3, 0.4) is 0 Å². The van der Waals surface area contributed by atoms with Gasteiger partial charge in [-0.3, -0.25) is 9.59 Å². The molecule has 4 nitrogen and oxygen atoms in total. The van der Waals surface area contributed by atoms with E-state index in [9.17, 15) is 14.0 Å². The number of hydrogen-bond donors (Lipinski definition) is 0. The highest BCUT2D eigenvalue weighted by molar-refractivity contribution is 5.83. The van der Waals surface area contributed by atoms with E-state index < -0.39 is 10.9 Å². The number of piperazine rings is 1. The van der Waals surface area contributed by atoms with Gasteiger partial charge in [0.15, 0.2) is 0 Å². The van der Waals surface area contributed by atoms with Crippen LogP contribution in [0, 0.1) is 5.82 Å². The largest absolute Gasteiger partial charge is 0.366 e. The Labute approximate surface area is 163 Å². The maximum atomic E-state index is 14.0. The molecule has 4 rings (SSSR count). The van der Waals surface area contributed by atoms with E-state index in [1.807, 2.05) is 40.1 Å². The van der Waals surface area contributed by atoms with Gasteiger partial charge in [-0.1, -0.05) is 50.2 Å². The van der Waals surface area contributed by atoms with Gasteiger partial charge in [-0.2, -0.15) is 0 Å². The molecule has 0 atom stereocenters. The van der Waals surface area contributed by atoms with Crippen molar-refractivity contribution in [3.8, 4) is 11.1 Å². The van der Waals surface area contributed by atoms with Crippen molar-refractivity contribution in [2.45, 2.75) is 19.8 Å². The third-order valence-electron chi connectivity index (χ3n) is 5.54. The Kier molecular flexibility index (Phi) is 4.75. The van der Waals surface area contributed by atoms with Crippen LogP contribution in [0.25, 0.3) is 11.1 Å². The van der Waals surface area contributed by atoms with Crippen LogP contribution in [0.1, 0.15) is 25.3 Å². The van der Waals surface area contributed by atoms with E-state index in [0.29, 0.717) is 49.0 Å². The Morgan fingerprint density at radius 2 is 1.43 bits per heavy atom. The first-order valence-corrected chi connectivity index (χ1v) is 9.65. The maximum Gasteiger partial charge on any atom is 0.250 e. The lowest BCUT2D eigenvalue weighted by molar-refractivity contribution is 0.597. The predicted octanol–water partition coefficient (Wildman–Crippen LogP) is 3.54. The van der Waals surface area contributed by atoms with Gasteiger partial charge >= 0.3 is 0 Å². The molecule has 1 aliphatic rings. The van der Waals surface area contributed by atoms with E-state index in [1.165, 1.54) is 11.6 Å². The van der Waals surface area contributed by atoms with E-state index in [2.05, 4.69) is 13.8 Å². The molecule has 0 saturated carbocycles. The lowest BCUT2D eigenvalue weighted by Gasteiger charge is -2.38. The van der Waals surface area contributed by atoms with Gasteiger partial charge < -0.3 is 9.80 Å². The SMILES string of the molecule is CC(C)c1ccc(-c2c(N3CCN(c4ccccc4F)CC3)c(=O)c2=O)cc1. The molecule has 1 fully saturated rings. The average Bonchev–Trinajstić information content (AvgIpc) is 2.72. The molecule has 0 aromatic heterocycles. The van der Waals surface area contributed by atoms with Crippen LogP contribution in [-0.2, 0) is 0 Å². The van der Waals surface area contributed by atoms with Gasteiger partial charge in [0.25, 0.3) is 0 Å². The van der Waals surface area contributed by atoms with Gasteiger partial charge in [0.2, 0.25) is 10.9 Å². The van der Waals surface area contributed by atoms with Crippen molar-refractivity contribution >= 4 is 11.4 Å². The smallest absolute Gasteiger partial charge is 0.250 e. The van der Waals surface area contributed by atoms with Crippen LogP contribution in [-0.4, -0.2) is 26.2 Å². The Hall–Kier alpha value is -2.95. The molecular formula is C23H23FN2O2. The zero-order chi connectivity index (χ0) is 19.8. The zero-order valence-electron chi connectivity index (χ0n) is 16.1. The molecule has 0 aliphatic carbocycles. The summed E-state index contributed by atoms with van der Waals surface area (Å²) in [6, 6.07) is 14.6. The summed E-state index contributed by atoms with van der Waals surface area (Å²) >= 11 is 0. The summed E-state index contributed by atoms with van der Waals surface area (Å²) in [4.78, 5) is 28.5. The van der Waals surface area contributed by atoms with Crippen molar-refractivity contribution < 1.29 is 4.39 Å². The fraction of sp³-hybridized carbons (Fsp3) is 0.304. The molecule has 0 bridgehead atoms. The van der Waals surface area contributed by atoms with Gasteiger partial charge in [0, 0.05) is 26.2 Å². The lowest BCUT2D eigenvalue weighted by atomic mass is 9.94. The van der Waals surface area contributed by atoms with Crippen LogP contribution < -0.4 is 20.7 Å². The number of hydrogen-bond acceptors (Lipinski definition) is 4. The van der Waals surface area contributed by atoms with Crippen LogP contribution in [0.2, 0.25) is 0 Å². The van der Waals surface area contributed by atoms with Crippen molar-refractivity contribution in [3.05, 3.63) is 80.4 Å². The zero-order valence-corrected chi connectivity index (χ0v) is 16.1. The highest BCUT2D eigenvalue weighted by Crippen LogP contribution is 2.30. The summed E-state index contributed by atoms with van der Waals surface area (Å²) in [6.07, 6.45) is 0. The van der Waals surface area contributed by atoms with E-state index in [-0.39, 0.29) is 5.82 Å². The van der Waals surface area contributed by atoms with Crippen molar-refractivity contribution in [1.82, 2.24) is 0 Å². The molecule has 0 spiro atoms. The fourth-order valence-electron chi connectivity index (χ4n) is 3.86. The molecule has 3 aromatic carbocycles. The number of halogens is 1. The first kappa shape index (κ1) is 18.4. The molecule has 1 heterocycles. The van der Waals surface area contributed by atoms with Crippen LogP contribution in [0.15, 0.2) is 58.1 Å². The summed E-state index contributed by atoms with van der Waals surface area (Å²) in [6.45, 7) is 6.60. The normalized spacial score (nSPS) is 14.9. The quantitative estimate of drug-likeness (QED) is 0.651. The van der Waals surface area contributed by atoms with E-state index in [4.69, 9.17) is 0 Å². The van der Waals surface area contributed by atoms with Crippen molar-refractivity contribution in [1.29, 1.82) is 0 Å². The highest BCUT2D eigenvalue weighted by Gasteiger charge is 2.29. The minimum absolute atomic E-state index is 0.240. The first-order valence-electron chi connectivity index (χ1n) is 9.65. The summed E-state index contributed by atoms with van der Waals surface area (Å²) < 4.78 is 14.0. The number of benzene rings is 2. The molecule has 5 heteroatoms. The highest BCUT2D eigenvalue weighted by atomic mass is 19.1. The number of rotatable bonds is 4. The van der Waals surface area contributed by atoms with Gasteiger partial charge in [0.1, 0.15) is 11.5 Å². The van der Waals surface area contributed by atoms with E-state index >= 15 is 0 Å². The second-order valence-corrected chi connectivity index (χ2v) is 7.58. The van der Waals surface area contributed by atoms with Crippen molar-refractivity contribution in [2.75, 3.05) is 36.0 Å². The van der Waals surface area contributed by atoms with Gasteiger partial charge in [-0.05, 0) is 29.2 Å². The minimum atomic E-state index is -0.415. The monoisotopic (exact) mass is 378 g/mol. The van der Waals surface area contributed by atoms with Gasteiger partial charge in [0.05, 0.1) is 11.3 Å². The van der Waals surface area contributed by atoms with Crippen LogP contribution in [0.4, 0.5) is 15.8 Å². The molecule has 0 radical (unpaired) electrons. The summed E-state index contributed by atoms with van der Waals surface area (Å²) in [7, 11) is 0.